The van der Waals surface area contributed by atoms with Crippen molar-refractivity contribution in [2.45, 2.75) is 24.3 Å². The lowest BCUT2D eigenvalue weighted by molar-refractivity contribution is -0.152. The molecule has 1 amide bonds. The topological polar surface area (TPSA) is 79.2 Å². The highest BCUT2D eigenvalue weighted by molar-refractivity contribution is 7.99. The number of benzene rings is 2. The zero-order valence-electron chi connectivity index (χ0n) is 14.4. The Kier molecular flexibility index (Phi) is 7.32. The van der Waals surface area contributed by atoms with Crippen LogP contribution in [0.1, 0.15) is 18.9 Å². The number of carbonyl (C=O) groups excluding carboxylic acids is 2. The van der Waals surface area contributed by atoms with E-state index in [1.807, 2.05) is 6.07 Å². The van der Waals surface area contributed by atoms with Crippen LogP contribution in [0.5, 0.6) is 0 Å². The smallest absolute Gasteiger partial charge is 0.307 e. The summed E-state index contributed by atoms with van der Waals surface area (Å²) in [7, 11) is 0. The van der Waals surface area contributed by atoms with Crippen LogP contribution in [0.15, 0.2) is 47.4 Å². The minimum Gasteiger partial charge on any atom is -0.453 e. The molecule has 0 spiro atoms. The van der Waals surface area contributed by atoms with Crippen molar-refractivity contribution < 1.29 is 23.1 Å². The number of nitrogens with zero attached hydrogens (tertiary/aromatic N) is 1. The first-order valence-corrected chi connectivity index (χ1v) is 8.96. The number of nitrogens with one attached hydrogen (secondary N) is 1. The van der Waals surface area contributed by atoms with Crippen LogP contribution in [0.2, 0.25) is 0 Å². The van der Waals surface area contributed by atoms with E-state index in [1.165, 1.54) is 24.8 Å². The molecular weight excluding hydrogens is 374 g/mol. The van der Waals surface area contributed by atoms with Gasteiger partial charge in [-0.25, -0.2) is 8.78 Å². The molecule has 27 heavy (non-hydrogen) atoms. The van der Waals surface area contributed by atoms with Crippen molar-refractivity contribution in [1.29, 1.82) is 5.26 Å². The van der Waals surface area contributed by atoms with Crippen LogP contribution in [-0.2, 0) is 14.3 Å². The lowest BCUT2D eigenvalue weighted by Gasteiger charge is -2.13. The molecule has 0 aliphatic carbocycles. The highest BCUT2D eigenvalue weighted by atomic mass is 32.2. The normalized spacial score (nSPS) is 11.3. The zero-order valence-corrected chi connectivity index (χ0v) is 15.2. The Labute approximate surface area is 159 Å². The second-order valence-electron chi connectivity index (χ2n) is 5.48. The van der Waals surface area contributed by atoms with E-state index in [4.69, 9.17) is 10.00 Å². The van der Waals surface area contributed by atoms with Crippen molar-refractivity contribution in [3.63, 3.8) is 0 Å². The van der Waals surface area contributed by atoms with E-state index in [1.54, 1.807) is 24.3 Å². The fourth-order valence-corrected chi connectivity index (χ4v) is 2.86. The molecule has 1 atom stereocenters. The number of hydrogen-bond donors (Lipinski definition) is 1. The molecule has 2 rings (SSSR count). The Morgan fingerprint density at radius 1 is 1.19 bits per heavy atom. The van der Waals surface area contributed by atoms with Gasteiger partial charge in [0.25, 0.3) is 5.91 Å². The van der Waals surface area contributed by atoms with E-state index in [0.29, 0.717) is 21.9 Å². The van der Waals surface area contributed by atoms with E-state index in [2.05, 4.69) is 5.32 Å². The Hall–Kier alpha value is -2.92. The van der Waals surface area contributed by atoms with Gasteiger partial charge in [0.1, 0.15) is 0 Å². The molecule has 0 unspecified atom stereocenters. The Morgan fingerprint density at radius 2 is 1.89 bits per heavy atom. The summed E-state index contributed by atoms with van der Waals surface area (Å²) in [6.07, 6.45) is -0.987. The van der Waals surface area contributed by atoms with Gasteiger partial charge in [0.05, 0.1) is 18.1 Å². The summed E-state index contributed by atoms with van der Waals surface area (Å²) in [6, 6.07) is 11.7. The van der Waals surface area contributed by atoms with Gasteiger partial charge in [-0.15, -0.1) is 11.8 Å². The predicted octanol–water partition coefficient (Wildman–Crippen LogP) is 3.89. The number of thioether (sulfide) groups is 1. The number of carbonyl (C=O) groups is 2. The lowest BCUT2D eigenvalue weighted by atomic mass is 10.2. The van der Waals surface area contributed by atoms with Gasteiger partial charge in [0, 0.05) is 16.3 Å². The molecule has 2 aromatic rings. The molecule has 0 radical (unpaired) electrons. The largest absolute Gasteiger partial charge is 0.453 e. The van der Waals surface area contributed by atoms with Crippen LogP contribution < -0.4 is 5.32 Å². The molecule has 1 N–H and O–H groups in total. The molecule has 140 valence electrons. The summed E-state index contributed by atoms with van der Waals surface area (Å²) in [4.78, 5) is 24.3. The molecule has 0 saturated carbocycles. The first-order valence-electron chi connectivity index (χ1n) is 7.97. The van der Waals surface area contributed by atoms with E-state index in [0.717, 1.165) is 12.1 Å². The van der Waals surface area contributed by atoms with E-state index < -0.39 is 29.6 Å². The number of amides is 1. The maximum Gasteiger partial charge on any atom is 0.307 e. The minimum absolute atomic E-state index is 0.0121. The van der Waals surface area contributed by atoms with Crippen molar-refractivity contribution in [3.05, 3.63) is 59.7 Å². The molecule has 5 nitrogen and oxygen atoms in total. The summed E-state index contributed by atoms with van der Waals surface area (Å²) in [5.74, 6) is -2.65. The maximum absolute atomic E-state index is 13.1. The van der Waals surface area contributed by atoms with Crippen molar-refractivity contribution in [2.24, 2.45) is 0 Å². The summed E-state index contributed by atoms with van der Waals surface area (Å²) in [5.41, 5.74) is 0.946. The average molecular weight is 390 g/mol. The number of rotatable bonds is 7. The molecule has 0 heterocycles. The summed E-state index contributed by atoms with van der Waals surface area (Å²) >= 11 is 1.18. The van der Waals surface area contributed by atoms with Crippen LogP contribution in [0.3, 0.4) is 0 Å². The molecular formula is C19H16F2N2O3S. The van der Waals surface area contributed by atoms with Crippen LogP contribution >= 0.6 is 11.8 Å². The third-order valence-corrected chi connectivity index (χ3v) is 4.42. The van der Waals surface area contributed by atoms with Gasteiger partial charge < -0.3 is 10.1 Å². The van der Waals surface area contributed by atoms with Gasteiger partial charge in [-0.1, -0.05) is 0 Å². The number of esters is 1. The van der Waals surface area contributed by atoms with Crippen LogP contribution in [0.25, 0.3) is 0 Å². The molecule has 0 aliphatic rings. The SMILES string of the molecule is C[C@H](OC(=O)CCSc1ccc(F)c(F)c1)C(=O)Nc1ccc(C#N)cc1. The van der Waals surface area contributed by atoms with Crippen molar-refractivity contribution in [2.75, 3.05) is 11.1 Å². The molecule has 2 aromatic carbocycles. The van der Waals surface area contributed by atoms with Gasteiger partial charge in [0.2, 0.25) is 0 Å². The second kappa shape index (κ2) is 9.69. The molecule has 0 aromatic heterocycles. The summed E-state index contributed by atoms with van der Waals surface area (Å²) < 4.78 is 31.0. The van der Waals surface area contributed by atoms with Crippen LogP contribution in [-0.4, -0.2) is 23.7 Å². The number of anilines is 1. The van der Waals surface area contributed by atoms with Gasteiger partial charge in [-0.3, -0.25) is 9.59 Å². The minimum atomic E-state index is -0.999. The predicted molar refractivity (Wildman–Crippen MR) is 97.0 cm³/mol. The van der Waals surface area contributed by atoms with Crippen molar-refractivity contribution in [3.8, 4) is 6.07 Å². The number of nitriles is 1. The van der Waals surface area contributed by atoms with Crippen LogP contribution in [0.4, 0.5) is 14.5 Å². The molecule has 0 fully saturated rings. The highest BCUT2D eigenvalue weighted by Gasteiger charge is 2.18. The highest BCUT2D eigenvalue weighted by Crippen LogP contribution is 2.21. The first-order chi connectivity index (χ1) is 12.9. The lowest BCUT2D eigenvalue weighted by Crippen LogP contribution is -2.30. The maximum atomic E-state index is 13.1. The van der Waals surface area contributed by atoms with Gasteiger partial charge in [-0.2, -0.15) is 5.26 Å². The number of ether oxygens (including phenoxy) is 1. The van der Waals surface area contributed by atoms with Gasteiger partial charge in [0.15, 0.2) is 17.7 Å². The molecule has 0 bridgehead atoms. The molecule has 0 aliphatic heterocycles. The van der Waals surface area contributed by atoms with E-state index in [-0.39, 0.29) is 6.42 Å². The molecule has 8 heteroatoms. The quantitative estimate of drug-likeness (QED) is 0.573. The Balaban J connectivity index is 1.75. The number of halogens is 2. The third-order valence-electron chi connectivity index (χ3n) is 3.42. The second-order valence-corrected chi connectivity index (χ2v) is 6.65. The summed E-state index contributed by atoms with van der Waals surface area (Å²) in [6.45, 7) is 1.44. The van der Waals surface area contributed by atoms with Crippen LogP contribution in [0, 0.1) is 23.0 Å². The van der Waals surface area contributed by atoms with Gasteiger partial charge >= 0.3 is 5.97 Å². The van der Waals surface area contributed by atoms with Gasteiger partial charge in [-0.05, 0) is 49.4 Å². The van der Waals surface area contributed by atoms with Crippen molar-refractivity contribution in [1.82, 2.24) is 0 Å². The third kappa shape index (κ3) is 6.38. The Morgan fingerprint density at radius 3 is 2.52 bits per heavy atom. The average Bonchev–Trinajstić information content (AvgIpc) is 2.65. The standard InChI is InChI=1S/C19H16F2N2O3S/c1-12(19(25)23-14-4-2-13(11-22)3-5-14)26-18(24)8-9-27-15-6-7-16(20)17(21)10-15/h2-7,10,12H,8-9H2,1H3,(H,23,25)/t12-/m0/s1. The number of hydrogen-bond acceptors (Lipinski definition) is 5. The Bertz CT molecular complexity index is 866. The molecule has 0 saturated heterocycles. The fourth-order valence-electron chi connectivity index (χ4n) is 2.00. The van der Waals surface area contributed by atoms with Crippen molar-refractivity contribution >= 4 is 29.3 Å². The monoisotopic (exact) mass is 390 g/mol. The fraction of sp³-hybridized carbons (Fsp3) is 0.211. The zero-order chi connectivity index (χ0) is 19.8. The summed E-state index contributed by atoms with van der Waals surface area (Å²) in [5, 5.41) is 11.3. The van der Waals surface area contributed by atoms with E-state index in [9.17, 15) is 18.4 Å². The van der Waals surface area contributed by atoms with E-state index >= 15 is 0 Å². The first kappa shape index (κ1) is 20.4.